The van der Waals surface area contributed by atoms with Crippen LogP contribution in [0.4, 0.5) is 17.3 Å². The smallest absolute Gasteiger partial charge is 0.418 e. The molecule has 7 heteroatoms. The van der Waals surface area contributed by atoms with Gasteiger partial charge in [-0.15, -0.1) is 0 Å². The van der Waals surface area contributed by atoms with Gasteiger partial charge in [0, 0.05) is 12.1 Å². The lowest BCUT2D eigenvalue weighted by atomic mass is 9.75. The third-order valence-electron chi connectivity index (χ3n) is 4.18. The van der Waals surface area contributed by atoms with Gasteiger partial charge in [0.15, 0.2) is 12.4 Å². The predicted molar refractivity (Wildman–Crippen MR) is 83.0 cm³/mol. The van der Waals surface area contributed by atoms with Crippen molar-refractivity contribution < 1.29 is 26.6 Å². The van der Waals surface area contributed by atoms with Crippen LogP contribution in [0.15, 0.2) is 30.6 Å². The molecule has 0 saturated heterocycles. The summed E-state index contributed by atoms with van der Waals surface area (Å²) in [5.74, 6) is 2.26. The van der Waals surface area contributed by atoms with Gasteiger partial charge in [0.1, 0.15) is 0 Å². The Morgan fingerprint density at radius 3 is 2.17 bits per heavy atom. The highest BCUT2D eigenvalue weighted by atomic mass is 19.5. The van der Waals surface area contributed by atoms with Crippen LogP contribution in [-0.2, 0) is 11.5 Å². The first-order chi connectivity index (χ1) is 10.7. The summed E-state index contributed by atoms with van der Waals surface area (Å²) in [6.07, 6.45) is 8.47. The Labute approximate surface area is 136 Å². The molecule has 1 aliphatic rings. The normalized spacial score (nSPS) is 25.0. The van der Waals surface area contributed by atoms with Gasteiger partial charge in [-0.25, -0.2) is 0 Å². The second-order valence-electron chi connectivity index (χ2n) is 6.54. The second kappa shape index (κ2) is 9.25. The van der Waals surface area contributed by atoms with Crippen molar-refractivity contribution in [1.82, 2.24) is 0 Å². The van der Waals surface area contributed by atoms with Gasteiger partial charge in [0.25, 0.3) is 6.73 Å². The van der Waals surface area contributed by atoms with Crippen LogP contribution in [0.1, 0.15) is 40.0 Å². The van der Waals surface area contributed by atoms with Crippen LogP contribution in [0.5, 0.6) is 0 Å². The van der Waals surface area contributed by atoms with Crippen LogP contribution in [-0.4, -0.2) is 13.4 Å². The highest BCUT2D eigenvalue weighted by Gasteiger charge is 2.31. The Hall–Kier alpha value is -1.11. The van der Waals surface area contributed by atoms with E-state index in [4.69, 9.17) is 4.74 Å². The van der Waals surface area contributed by atoms with Crippen molar-refractivity contribution in [3.63, 3.8) is 0 Å². The molecule has 0 aromatic carbocycles. The average molecular weight is 335 g/mol. The summed E-state index contributed by atoms with van der Waals surface area (Å²) in [5, 5.41) is 0. The molecule has 2 nitrogen and oxygen atoms in total. The van der Waals surface area contributed by atoms with Crippen molar-refractivity contribution in [2.24, 2.45) is 17.8 Å². The van der Waals surface area contributed by atoms with Crippen molar-refractivity contribution >= 4 is 7.25 Å². The monoisotopic (exact) mass is 335 g/mol. The minimum atomic E-state index is -6.00. The lowest BCUT2D eigenvalue weighted by Crippen LogP contribution is -2.41. The zero-order chi connectivity index (χ0) is 17.5. The van der Waals surface area contributed by atoms with E-state index in [1.54, 1.807) is 0 Å². The maximum atomic E-state index is 9.75. The van der Waals surface area contributed by atoms with E-state index in [9.17, 15) is 17.3 Å². The first-order valence-electron chi connectivity index (χ1n) is 8.09. The van der Waals surface area contributed by atoms with Crippen molar-refractivity contribution in [2.45, 2.75) is 52.9 Å². The molecular formula is C16H26BF4NO. The van der Waals surface area contributed by atoms with Crippen LogP contribution >= 0.6 is 0 Å². The molecule has 0 radical (unpaired) electrons. The number of halogens is 4. The van der Waals surface area contributed by atoms with Crippen LogP contribution in [0.25, 0.3) is 0 Å². The maximum Gasteiger partial charge on any atom is 0.673 e. The Bertz CT molecular complexity index is 435. The fourth-order valence-electron chi connectivity index (χ4n) is 3.01. The van der Waals surface area contributed by atoms with Gasteiger partial charge in [0.05, 0.1) is 6.10 Å². The van der Waals surface area contributed by atoms with E-state index < -0.39 is 7.25 Å². The summed E-state index contributed by atoms with van der Waals surface area (Å²) in [6.45, 7) is 7.68. The molecule has 23 heavy (non-hydrogen) atoms. The molecule has 1 saturated carbocycles. The van der Waals surface area contributed by atoms with Gasteiger partial charge in [0.2, 0.25) is 0 Å². The zero-order valence-electron chi connectivity index (χ0n) is 14.0. The Balaban J connectivity index is 0.000000463. The van der Waals surface area contributed by atoms with E-state index >= 15 is 0 Å². The molecule has 132 valence electrons. The summed E-state index contributed by atoms with van der Waals surface area (Å²) >= 11 is 0. The van der Waals surface area contributed by atoms with Gasteiger partial charge in [-0.05, 0) is 30.6 Å². The highest BCUT2D eigenvalue weighted by Crippen LogP contribution is 2.35. The number of hydrogen-bond acceptors (Lipinski definition) is 1. The number of pyridine rings is 1. The van der Waals surface area contributed by atoms with Crippen LogP contribution in [0.3, 0.4) is 0 Å². The van der Waals surface area contributed by atoms with Gasteiger partial charge in [-0.2, -0.15) is 4.57 Å². The zero-order valence-corrected chi connectivity index (χ0v) is 14.0. The Kier molecular flexibility index (Phi) is 8.02. The molecule has 1 aromatic heterocycles. The van der Waals surface area contributed by atoms with Crippen LogP contribution < -0.4 is 4.57 Å². The first-order valence-corrected chi connectivity index (χ1v) is 8.09. The standard InChI is InChI=1S/C16H26NO.BF4/c1-13(2)15-8-7-14(3)11-16(15)18-12-17-9-5-4-6-10-17;2-1(3,4)5/h4-6,9-10,13-16H,7-8,11-12H2,1-3H3;/q+1;-1. The molecular weight excluding hydrogens is 309 g/mol. The third kappa shape index (κ3) is 8.93. The molecule has 2 rings (SSSR count). The molecule has 0 amide bonds. The summed E-state index contributed by atoms with van der Waals surface area (Å²) < 4.78 is 47.3. The van der Waals surface area contributed by atoms with Crippen molar-refractivity contribution in [3.05, 3.63) is 30.6 Å². The van der Waals surface area contributed by atoms with Crippen LogP contribution in [0.2, 0.25) is 0 Å². The number of ether oxygens (including phenoxy) is 1. The molecule has 1 aromatic rings. The predicted octanol–water partition coefficient (Wildman–Crippen LogP) is 4.71. The molecule has 0 N–H and O–H groups in total. The number of nitrogens with zero attached hydrogens (tertiary/aromatic N) is 1. The highest BCUT2D eigenvalue weighted by molar-refractivity contribution is 6.50. The van der Waals surface area contributed by atoms with E-state index in [0.29, 0.717) is 12.8 Å². The summed E-state index contributed by atoms with van der Waals surface area (Å²) in [4.78, 5) is 0. The topological polar surface area (TPSA) is 13.1 Å². The van der Waals surface area contributed by atoms with Gasteiger partial charge in [-0.3, -0.25) is 0 Å². The molecule has 1 fully saturated rings. The van der Waals surface area contributed by atoms with E-state index in [1.807, 2.05) is 18.2 Å². The molecule has 0 aliphatic heterocycles. The van der Waals surface area contributed by atoms with Crippen molar-refractivity contribution in [1.29, 1.82) is 0 Å². The van der Waals surface area contributed by atoms with Crippen LogP contribution in [0, 0.1) is 17.8 Å². The molecule has 1 aliphatic carbocycles. The van der Waals surface area contributed by atoms with E-state index in [1.165, 1.54) is 19.3 Å². The average Bonchev–Trinajstić information content (AvgIpc) is 2.44. The molecule has 3 unspecified atom stereocenters. The molecule has 0 bridgehead atoms. The number of hydrogen-bond donors (Lipinski definition) is 0. The SMILES string of the molecule is CC1CCC(C(C)C)C(OC[n+]2ccccc2)C1.F[B-](F)(F)F. The fourth-order valence-corrected chi connectivity index (χ4v) is 3.01. The van der Waals surface area contributed by atoms with Crippen molar-refractivity contribution in [3.8, 4) is 0 Å². The number of aromatic nitrogens is 1. The van der Waals surface area contributed by atoms with E-state index in [0.717, 1.165) is 17.8 Å². The lowest BCUT2D eigenvalue weighted by Gasteiger charge is -2.36. The van der Waals surface area contributed by atoms with E-state index in [-0.39, 0.29) is 0 Å². The quantitative estimate of drug-likeness (QED) is 0.441. The van der Waals surface area contributed by atoms with Gasteiger partial charge in [-0.1, -0.05) is 33.3 Å². The molecule has 3 atom stereocenters. The fraction of sp³-hybridized carbons (Fsp3) is 0.688. The van der Waals surface area contributed by atoms with E-state index in [2.05, 4.69) is 37.7 Å². The summed E-state index contributed by atoms with van der Waals surface area (Å²) in [7, 11) is -6.00. The van der Waals surface area contributed by atoms with Gasteiger partial charge < -0.3 is 22.0 Å². The Morgan fingerprint density at radius 1 is 1.09 bits per heavy atom. The summed E-state index contributed by atoms with van der Waals surface area (Å²) in [6, 6.07) is 6.13. The minimum absolute atomic E-state index is 0.432. The first kappa shape index (κ1) is 19.9. The largest absolute Gasteiger partial charge is 0.673 e. The third-order valence-corrected chi connectivity index (χ3v) is 4.18. The maximum absolute atomic E-state index is 9.75. The minimum Gasteiger partial charge on any atom is -0.418 e. The Morgan fingerprint density at radius 2 is 1.65 bits per heavy atom. The molecule has 0 spiro atoms. The van der Waals surface area contributed by atoms with Crippen molar-refractivity contribution in [2.75, 3.05) is 0 Å². The number of rotatable bonds is 4. The second-order valence-corrected chi connectivity index (χ2v) is 6.54. The van der Waals surface area contributed by atoms with Gasteiger partial charge >= 0.3 is 7.25 Å². The molecule has 1 heterocycles. The summed E-state index contributed by atoms with van der Waals surface area (Å²) in [5.41, 5.74) is 0. The lowest BCUT2D eigenvalue weighted by molar-refractivity contribution is -0.735.